The van der Waals surface area contributed by atoms with Gasteiger partial charge in [0, 0.05) is 32.8 Å². The highest BCUT2D eigenvalue weighted by atomic mass is 16.5. The predicted octanol–water partition coefficient (Wildman–Crippen LogP) is 1.77. The number of nitrogens with zero attached hydrogens (tertiary/aromatic N) is 2. The SMILES string of the molecule is COCCNCC1CCCN1c1nc2ccccc2[nH]1. The fourth-order valence-electron chi connectivity index (χ4n) is 2.85. The number of rotatable bonds is 6. The zero-order chi connectivity index (χ0) is 13.8. The van der Waals surface area contributed by atoms with Crippen LogP contribution in [0.2, 0.25) is 0 Å². The second-order valence-corrected chi connectivity index (χ2v) is 5.26. The van der Waals surface area contributed by atoms with Crippen molar-refractivity contribution in [3.05, 3.63) is 24.3 Å². The molecule has 0 aliphatic carbocycles. The van der Waals surface area contributed by atoms with E-state index in [1.807, 2.05) is 12.1 Å². The van der Waals surface area contributed by atoms with Crippen LogP contribution in [0.25, 0.3) is 11.0 Å². The number of nitrogens with one attached hydrogen (secondary N) is 2. The third-order valence-corrected chi connectivity index (χ3v) is 3.89. The first-order valence-electron chi connectivity index (χ1n) is 7.29. The molecule has 1 fully saturated rings. The summed E-state index contributed by atoms with van der Waals surface area (Å²) in [6.07, 6.45) is 2.45. The van der Waals surface area contributed by atoms with E-state index >= 15 is 0 Å². The summed E-state index contributed by atoms with van der Waals surface area (Å²) in [5.74, 6) is 1.00. The van der Waals surface area contributed by atoms with Gasteiger partial charge in [-0.2, -0.15) is 0 Å². The van der Waals surface area contributed by atoms with Gasteiger partial charge in [-0.05, 0) is 25.0 Å². The van der Waals surface area contributed by atoms with Gasteiger partial charge in [0.15, 0.2) is 0 Å². The predicted molar refractivity (Wildman–Crippen MR) is 81.2 cm³/mol. The number of ether oxygens (including phenoxy) is 1. The minimum absolute atomic E-state index is 0.521. The summed E-state index contributed by atoms with van der Waals surface area (Å²) in [5, 5.41) is 3.45. The van der Waals surface area contributed by atoms with Crippen molar-refractivity contribution in [2.75, 3.05) is 38.3 Å². The van der Waals surface area contributed by atoms with Gasteiger partial charge in [0.05, 0.1) is 17.6 Å². The molecule has 1 unspecified atom stereocenters. The average Bonchev–Trinajstić information content (AvgIpc) is 3.09. The average molecular weight is 274 g/mol. The van der Waals surface area contributed by atoms with E-state index < -0.39 is 0 Å². The van der Waals surface area contributed by atoms with Crippen LogP contribution in [0.15, 0.2) is 24.3 Å². The lowest BCUT2D eigenvalue weighted by Crippen LogP contribution is -2.39. The number of aromatic nitrogens is 2. The molecule has 1 aliphatic rings. The molecular weight excluding hydrogens is 252 g/mol. The number of methoxy groups -OCH3 is 1. The quantitative estimate of drug-likeness (QED) is 0.788. The van der Waals surface area contributed by atoms with Crippen LogP contribution in [0.5, 0.6) is 0 Å². The van der Waals surface area contributed by atoms with Crippen molar-refractivity contribution in [2.45, 2.75) is 18.9 Å². The minimum atomic E-state index is 0.521. The summed E-state index contributed by atoms with van der Waals surface area (Å²) < 4.78 is 5.06. The van der Waals surface area contributed by atoms with E-state index in [4.69, 9.17) is 9.72 Å². The van der Waals surface area contributed by atoms with Gasteiger partial charge in [0.1, 0.15) is 0 Å². The van der Waals surface area contributed by atoms with Crippen LogP contribution < -0.4 is 10.2 Å². The normalized spacial score (nSPS) is 19.1. The molecule has 0 amide bonds. The molecule has 1 aliphatic heterocycles. The van der Waals surface area contributed by atoms with Crippen LogP contribution in [-0.4, -0.2) is 49.4 Å². The van der Waals surface area contributed by atoms with E-state index in [2.05, 4.69) is 27.3 Å². The fourth-order valence-corrected chi connectivity index (χ4v) is 2.85. The molecule has 108 valence electrons. The molecule has 0 bridgehead atoms. The molecule has 1 aromatic carbocycles. The van der Waals surface area contributed by atoms with Crippen LogP contribution in [0.1, 0.15) is 12.8 Å². The van der Waals surface area contributed by atoms with Crippen LogP contribution >= 0.6 is 0 Å². The second kappa shape index (κ2) is 6.24. The Morgan fingerprint density at radius 3 is 3.20 bits per heavy atom. The summed E-state index contributed by atoms with van der Waals surface area (Å²) in [6, 6.07) is 8.72. The van der Waals surface area contributed by atoms with Crippen molar-refractivity contribution in [3.8, 4) is 0 Å². The lowest BCUT2D eigenvalue weighted by atomic mass is 10.2. The Morgan fingerprint density at radius 1 is 1.45 bits per heavy atom. The van der Waals surface area contributed by atoms with E-state index in [0.29, 0.717) is 6.04 Å². The van der Waals surface area contributed by atoms with Crippen LogP contribution in [-0.2, 0) is 4.74 Å². The number of anilines is 1. The summed E-state index contributed by atoms with van der Waals surface area (Å²) >= 11 is 0. The van der Waals surface area contributed by atoms with Crippen molar-refractivity contribution in [3.63, 3.8) is 0 Å². The van der Waals surface area contributed by atoms with E-state index in [1.54, 1.807) is 7.11 Å². The molecule has 2 N–H and O–H groups in total. The van der Waals surface area contributed by atoms with E-state index in [-0.39, 0.29) is 0 Å². The Bertz CT molecular complexity index is 521. The van der Waals surface area contributed by atoms with Crippen molar-refractivity contribution < 1.29 is 4.74 Å². The topological polar surface area (TPSA) is 53.2 Å². The van der Waals surface area contributed by atoms with Crippen LogP contribution in [0.3, 0.4) is 0 Å². The molecule has 2 aromatic rings. The maximum Gasteiger partial charge on any atom is 0.204 e. The number of fused-ring (bicyclic) bond motifs is 1. The monoisotopic (exact) mass is 274 g/mol. The number of hydrogen-bond donors (Lipinski definition) is 2. The van der Waals surface area contributed by atoms with Gasteiger partial charge in [0.2, 0.25) is 5.95 Å². The molecule has 5 heteroatoms. The number of hydrogen-bond acceptors (Lipinski definition) is 4. The Morgan fingerprint density at radius 2 is 2.35 bits per heavy atom. The summed E-state index contributed by atoms with van der Waals surface area (Å²) in [4.78, 5) is 10.5. The molecule has 2 heterocycles. The first kappa shape index (κ1) is 13.4. The molecule has 0 saturated carbocycles. The van der Waals surface area contributed by atoms with Gasteiger partial charge in [-0.3, -0.25) is 0 Å². The maximum atomic E-state index is 5.06. The van der Waals surface area contributed by atoms with Gasteiger partial charge in [-0.25, -0.2) is 4.98 Å². The highest BCUT2D eigenvalue weighted by Crippen LogP contribution is 2.24. The molecule has 1 saturated heterocycles. The van der Waals surface area contributed by atoms with Crippen LogP contribution in [0.4, 0.5) is 5.95 Å². The van der Waals surface area contributed by atoms with Gasteiger partial charge in [-0.15, -0.1) is 0 Å². The third kappa shape index (κ3) is 2.78. The number of imidazole rings is 1. The lowest BCUT2D eigenvalue weighted by Gasteiger charge is -2.24. The first-order valence-corrected chi connectivity index (χ1v) is 7.29. The number of H-pyrrole nitrogens is 1. The van der Waals surface area contributed by atoms with Gasteiger partial charge < -0.3 is 19.9 Å². The molecule has 1 aromatic heterocycles. The Kier molecular flexibility index (Phi) is 4.18. The van der Waals surface area contributed by atoms with E-state index in [9.17, 15) is 0 Å². The van der Waals surface area contributed by atoms with Crippen LogP contribution in [0, 0.1) is 0 Å². The second-order valence-electron chi connectivity index (χ2n) is 5.26. The molecule has 20 heavy (non-hydrogen) atoms. The molecule has 0 radical (unpaired) electrons. The number of benzene rings is 1. The molecular formula is C15H22N4O. The Balaban J connectivity index is 1.68. The largest absolute Gasteiger partial charge is 0.383 e. The van der Waals surface area contributed by atoms with Gasteiger partial charge in [0.25, 0.3) is 0 Å². The number of para-hydroxylation sites is 2. The summed E-state index contributed by atoms with van der Waals surface area (Å²) in [6.45, 7) is 3.73. The highest BCUT2D eigenvalue weighted by molar-refractivity contribution is 5.77. The standard InChI is InChI=1S/C15H22N4O/c1-20-10-8-16-11-12-5-4-9-19(12)15-17-13-6-2-3-7-14(13)18-15/h2-3,6-7,12,16H,4-5,8-11H2,1H3,(H,17,18). The van der Waals surface area contributed by atoms with Gasteiger partial charge >= 0.3 is 0 Å². The number of aromatic amines is 1. The fraction of sp³-hybridized carbons (Fsp3) is 0.533. The highest BCUT2D eigenvalue weighted by Gasteiger charge is 2.26. The zero-order valence-corrected chi connectivity index (χ0v) is 11.9. The third-order valence-electron chi connectivity index (χ3n) is 3.89. The van der Waals surface area contributed by atoms with Crippen molar-refractivity contribution in [2.24, 2.45) is 0 Å². The molecule has 0 spiro atoms. The summed E-state index contributed by atoms with van der Waals surface area (Å²) in [5.41, 5.74) is 2.15. The molecule has 3 rings (SSSR count). The molecule has 1 atom stereocenters. The molecule has 5 nitrogen and oxygen atoms in total. The van der Waals surface area contributed by atoms with Crippen molar-refractivity contribution in [1.29, 1.82) is 0 Å². The summed E-state index contributed by atoms with van der Waals surface area (Å²) in [7, 11) is 1.73. The van der Waals surface area contributed by atoms with Gasteiger partial charge in [-0.1, -0.05) is 12.1 Å². The first-order chi connectivity index (χ1) is 9.88. The smallest absolute Gasteiger partial charge is 0.204 e. The van der Waals surface area contributed by atoms with E-state index in [1.165, 1.54) is 12.8 Å². The minimum Gasteiger partial charge on any atom is -0.383 e. The Hall–Kier alpha value is -1.59. The maximum absolute atomic E-state index is 5.06. The van der Waals surface area contributed by atoms with E-state index in [0.717, 1.165) is 43.2 Å². The lowest BCUT2D eigenvalue weighted by molar-refractivity contribution is 0.199. The zero-order valence-electron chi connectivity index (χ0n) is 11.9. The van der Waals surface area contributed by atoms with Crippen molar-refractivity contribution >= 4 is 17.0 Å². The Labute approximate surface area is 119 Å². The van der Waals surface area contributed by atoms with Crippen molar-refractivity contribution in [1.82, 2.24) is 15.3 Å².